The fourth-order valence-electron chi connectivity index (χ4n) is 7.51. The zero-order valence-electron chi connectivity index (χ0n) is 40.0. The molecule has 0 aromatic carbocycles. The maximum absolute atomic E-state index is 13.2. The van der Waals surface area contributed by atoms with Crippen LogP contribution in [-0.2, 0) is 14.3 Å². The fraction of sp³-hybridized carbons (Fsp3) is 0.745. The molecule has 61 heavy (non-hydrogen) atoms. The Labute approximate surface area is 377 Å². The molecule has 0 radical (unpaired) electrons. The summed E-state index contributed by atoms with van der Waals surface area (Å²) in [5, 5.41) is 23.7. The van der Waals surface area contributed by atoms with Crippen molar-refractivity contribution in [3.05, 3.63) is 72.9 Å². The van der Waals surface area contributed by atoms with Crippen LogP contribution < -0.4 is 5.32 Å². The van der Waals surface area contributed by atoms with E-state index in [9.17, 15) is 19.8 Å². The van der Waals surface area contributed by atoms with Crippen molar-refractivity contribution in [3.8, 4) is 0 Å². The van der Waals surface area contributed by atoms with E-state index >= 15 is 0 Å². The summed E-state index contributed by atoms with van der Waals surface area (Å²) in [4.78, 5) is 26.1. The number of aliphatic hydroxyl groups excluding tert-OH is 2. The highest BCUT2D eigenvalue weighted by molar-refractivity contribution is 5.77. The number of hydrogen-bond donors (Lipinski definition) is 3. The standard InChI is InChI=1S/C55H97NO5/c1-4-7-10-13-16-19-22-24-25-26-27-28-30-33-36-39-42-45-48-55(60)61-51(46-43-40-37-34-32-29-23-20-17-14-11-8-5-2)49-54(59)56-52(50-57)53(58)47-44-41-38-35-31-21-18-15-12-9-6-3/h8,11,14,17,20,23,27-29,32,34,37,51-53,57-58H,4-7,9-10,12-13,15-16,18-19,21-22,24-26,30-31,33,35-36,38-50H2,1-3H3,(H,56,59)/b11-8+,17-14+,23-20-,28-27+,32-29-,37-34+. The second kappa shape index (κ2) is 48.3. The van der Waals surface area contributed by atoms with Gasteiger partial charge in [-0.2, -0.15) is 0 Å². The van der Waals surface area contributed by atoms with E-state index < -0.39 is 18.2 Å². The van der Waals surface area contributed by atoms with Gasteiger partial charge in [-0.3, -0.25) is 9.59 Å². The quantitative estimate of drug-likeness (QED) is 0.0245. The van der Waals surface area contributed by atoms with Crippen LogP contribution in [0.5, 0.6) is 0 Å². The number of ether oxygens (including phenoxy) is 1. The maximum Gasteiger partial charge on any atom is 0.306 e. The number of carbonyl (C=O) groups is 2. The molecule has 1 amide bonds. The second-order valence-electron chi connectivity index (χ2n) is 17.3. The molecule has 0 aliphatic heterocycles. The molecule has 0 bridgehead atoms. The monoisotopic (exact) mass is 852 g/mol. The van der Waals surface area contributed by atoms with Gasteiger partial charge in [0.05, 0.1) is 25.2 Å². The molecule has 0 rings (SSSR count). The molecule has 0 fully saturated rings. The molecule has 0 aliphatic carbocycles. The Morgan fingerprint density at radius 3 is 1.41 bits per heavy atom. The predicted octanol–water partition coefficient (Wildman–Crippen LogP) is 15.4. The molecular weight excluding hydrogens is 755 g/mol. The maximum atomic E-state index is 13.2. The number of esters is 1. The Kier molecular flexibility index (Phi) is 46.2. The molecule has 0 saturated heterocycles. The van der Waals surface area contributed by atoms with Crippen LogP contribution in [-0.4, -0.2) is 46.9 Å². The molecule has 0 saturated carbocycles. The van der Waals surface area contributed by atoms with Gasteiger partial charge >= 0.3 is 5.97 Å². The molecular formula is C55H97NO5. The van der Waals surface area contributed by atoms with Crippen molar-refractivity contribution in [1.82, 2.24) is 5.32 Å². The van der Waals surface area contributed by atoms with E-state index in [0.29, 0.717) is 19.3 Å². The summed E-state index contributed by atoms with van der Waals surface area (Å²) in [5.41, 5.74) is 0. The van der Waals surface area contributed by atoms with Crippen LogP contribution >= 0.6 is 0 Å². The Hall–Kier alpha value is -2.70. The van der Waals surface area contributed by atoms with E-state index in [2.05, 4.69) is 50.4 Å². The molecule has 3 unspecified atom stereocenters. The number of unbranched alkanes of at least 4 members (excludes halogenated alkanes) is 25. The van der Waals surface area contributed by atoms with Gasteiger partial charge in [0.15, 0.2) is 0 Å². The molecule has 3 N–H and O–H groups in total. The molecule has 6 heteroatoms. The summed E-state index contributed by atoms with van der Waals surface area (Å²) in [6, 6.07) is -0.728. The molecule has 0 heterocycles. The van der Waals surface area contributed by atoms with E-state index in [1.54, 1.807) is 0 Å². The number of nitrogens with one attached hydrogen (secondary N) is 1. The van der Waals surface area contributed by atoms with Crippen molar-refractivity contribution < 1.29 is 24.5 Å². The topological polar surface area (TPSA) is 95.9 Å². The number of hydrogen-bond acceptors (Lipinski definition) is 5. The first-order chi connectivity index (χ1) is 30.0. The van der Waals surface area contributed by atoms with Gasteiger partial charge in [0.25, 0.3) is 0 Å². The third-order valence-electron chi connectivity index (χ3n) is 11.4. The molecule has 0 aromatic heterocycles. The third-order valence-corrected chi connectivity index (χ3v) is 11.4. The van der Waals surface area contributed by atoms with E-state index in [4.69, 9.17) is 4.74 Å². The molecule has 0 aromatic rings. The van der Waals surface area contributed by atoms with Crippen molar-refractivity contribution >= 4 is 11.9 Å². The SMILES string of the molecule is CC/C=C/C=C/C=C\C=C/C=C/CCCC(CC(=O)NC(CO)C(O)CCCCCCCCCCCCC)OC(=O)CCCCCCC/C=C/CCCCCCCCCCC. The molecule has 3 atom stereocenters. The van der Waals surface area contributed by atoms with Gasteiger partial charge in [-0.15, -0.1) is 0 Å². The summed E-state index contributed by atoms with van der Waals surface area (Å²) < 4.78 is 5.89. The highest BCUT2D eigenvalue weighted by Gasteiger charge is 2.24. The van der Waals surface area contributed by atoms with Gasteiger partial charge in [0, 0.05) is 6.42 Å². The zero-order chi connectivity index (χ0) is 44.5. The van der Waals surface area contributed by atoms with Crippen LogP contribution in [0.4, 0.5) is 0 Å². The smallest absolute Gasteiger partial charge is 0.306 e. The van der Waals surface area contributed by atoms with Crippen molar-refractivity contribution in [2.45, 2.75) is 257 Å². The first kappa shape index (κ1) is 58.3. The normalized spacial score (nSPS) is 13.9. The first-order valence-electron chi connectivity index (χ1n) is 25.7. The van der Waals surface area contributed by atoms with Gasteiger partial charge in [0.2, 0.25) is 5.91 Å². The molecule has 0 spiro atoms. The average molecular weight is 852 g/mol. The van der Waals surface area contributed by atoms with Gasteiger partial charge < -0.3 is 20.3 Å². The minimum Gasteiger partial charge on any atom is -0.462 e. The molecule has 6 nitrogen and oxygen atoms in total. The van der Waals surface area contributed by atoms with Crippen LogP contribution in [0.15, 0.2) is 72.9 Å². The summed E-state index contributed by atoms with van der Waals surface area (Å²) in [5.74, 6) is -0.557. The van der Waals surface area contributed by atoms with Crippen LogP contribution in [0, 0.1) is 0 Å². The minimum atomic E-state index is -0.809. The Morgan fingerprint density at radius 2 is 0.918 bits per heavy atom. The number of carbonyl (C=O) groups excluding carboxylic acids is 2. The minimum absolute atomic E-state index is 0.0232. The van der Waals surface area contributed by atoms with Gasteiger partial charge in [-0.1, -0.05) is 235 Å². The van der Waals surface area contributed by atoms with Crippen molar-refractivity contribution in [2.75, 3.05) is 6.61 Å². The largest absolute Gasteiger partial charge is 0.462 e. The lowest BCUT2D eigenvalue weighted by molar-refractivity contribution is -0.151. The van der Waals surface area contributed by atoms with Crippen LogP contribution in [0.25, 0.3) is 0 Å². The second-order valence-corrected chi connectivity index (χ2v) is 17.3. The number of amides is 1. The van der Waals surface area contributed by atoms with E-state index in [-0.39, 0.29) is 24.9 Å². The predicted molar refractivity (Wildman–Crippen MR) is 264 cm³/mol. The van der Waals surface area contributed by atoms with Gasteiger partial charge in [0.1, 0.15) is 6.10 Å². The Morgan fingerprint density at radius 1 is 0.492 bits per heavy atom. The van der Waals surface area contributed by atoms with Gasteiger partial charge in [-0.05, 0) is 64.2 Å². The van der Waals surface area contributed by atoms with E-state index in [0.717, 1.165) is 64.2 Å². The van der Waals surface area contributed by atoms with Crippen molar-refractivity contribution in [3.63, 3.8) is 0 Å². The zero-order valence-corrected chi connectivity index (χ0v) is 40.0. The molecule has 352 valence electrons. The highest BCUT2D eigenvalue weighted by Crippen LogP contribution is 2.17. The van der Waals surface area contributed by atoms with Crippen LogP contribution in [0.1, 0.15) is 239 Å². The lowest BCUT2D eigenvalue weighted by Crippen LogP contribution is -2.46. The first-order valence-corrected chi connectivity index (χ1v) is 25.7. The van der Waals surface area contributed by atoms with Crippen molar-refractivity contribution in [1.29, 1.82) is 0 Å². The number of aliphatic hydroxyl groups is 2. The highest BCUT2D eigenvalue weighted by atomic mass is 16.5. The third kappa shape index (κ3) is 43.7. The Bertz CT molecular complexity index is 1140. The van der Waals surface area contributed by atoms with Crippen molar-refractivity contribution in [2.24, 2.45) is 0 Å². The van der Waals surface area contributed by atoms with Crippen LogP contribution in [0.3, 0.4) is 0 Å². The Balaban J connectivity index is 4.65. The average Bonchev–Trinajstić information content (AvgIpc) is 3.25. The summed E-state index contributed by atoms with van der Waals surface area (Å²) in [6.07, 6.45) is 61.1. The number of rotatable bonds is 45. The van der Waals surface area contributed by atoms with Gasteiger partial charge in [-0.25, -0.2) is 0 Å². The summed E-state index contributed by atoms with van der Waals surface area (Å²) in [6.45, 7) is 6.31. The fourth-order valence-corrected chi connectivity index (χ4v) is 7.51. The lowest BCUT2D eigenvalue weighted by atomic mass is 10.0. The lowest BCUT2D eigenvalue weighted by Gasteiger charge is -2.24. The number of allylic oxidation sites excluding steroid dienone is 12. The summed E-state index contributed by atoms with van der Waals surface area (Å²) in [7, 11) is 0. The van der Waals surface area contributed by atoms with E-state index in [1.807, 2.05) is 48.6 Å². The van der Waals surface area contributed by atoms with Crippen LogP contribution in [0.2, 0.25) is 0 Å². The summed E-state index contributed by atoms with van der Waals surface area (Å²) >= 11 is 0. The molecule has 0 aliphatic rings. The van der Waals surface area contributed by atoms with E-state index in [1.165, 1.54) is 128 Å².